The molecule has 1 unspecified atom stereocenters. The zero-order valence-electron chi connectivity index (χ0n) is 14.7. The summed E-state index contributed by atoms with van der Waals surface area (Å²) in [4.78, 5) is 6.95. The largest absolute Gasteiger partial charge is 0.495 e. The number of guanidine groups is 1. The predicted molar refractivity (Wildman–Crippen MR) is 102 cm³/mol. The summed E-state index contributed by atoms with van der Waals surface area (Å²) in [7, 11) is 1.59. The highest BCUT2D eigenvalue weighted by molar-refractivity contribution is 6.32. The van der Waals surface area contributed by atoms with Crippen molar-refractivity contribution >= 4 is 23.2 Å². The molecule has 1 heterocycles. The van der Waals surface area contributed by atoms with Crippen molar-refractivity contribution in [1.29, 1.82) is 0 Å². The third-order valence-electron chi connectivity index (χ3n) is 4.33. The maximum Gasteiger partial charge on any atom is 0.193 e. The second-order valence-electron chi connectivity index (χ2n) is 6.50. The van der Waals surface area contributed by atoms with Crippen LogP contribution in [-0.4, -0.2) is 44.1 Å². The van der Waals surface area contributed by atoms with Crippen molar-refractivity contribution in [2.24, 2.45) is 16.6 Å². The van der Waals surface area contributed by atoms with Gasteiger partial charge in [0, 0.05) is 18.8 Å². The zero-order valence-corrected chi connectivity index (χ0v) is 15.5. The highest BCUT2D eigenvalue weighted by Crippen LogP contribution is 2.27. The average Bonchev–Trinajstić information content (AvgIpc) is 2.55. The van der Waals surface area contributed by atoms with Crippen LogP contribution in [0.1, 0.15) is 32.6 Å². The molecule has 0 radical (unpaired) electrons. The molecule has 0 saturated carbocycles. The molecule has 1 fully saturated rings. The molecule has 24 heavy (non-hydrogen) atoms. The van der Waals surface area contributed by atoms with E-state index in [1.54, 1.807) is 19.2 Å². The molecule has 1 aromatic rings. The van der Waals surface area contributed by atoms with Crippen LogP contribution in [0.15, 0.2) is 23.2 Å². The van der Waals surface area contributed by atoms with Crippen LogP contribution in [0.4, 0.5) is 5.69 Å². The normalized spacial score (nSPS) is 19.3. The van der Waals surface area contributed by atoms with Gasteiger partial charge in [0.05, 0.1) is 12.1 Å². The number of piperidine rings is 1. The molecule has 0 aliphatic carbocycles. The molecule has 1 saturated heterocycles. The maximum absolute atomic E-state index is 6.09. The lowest BCUT2D eigenvalue weighted by Crippen LogP contribution is -2.35. The minimum atomic E-state index is 0.419. The number of anilines is 1. The Balaban J connectivity index is 1.67. The summed E-state index contributed by atoms with van der Waals surface area (Å²) in [5, 5.41) is 3.60. The molecule has 1 aromatic carbocycles. The Morgan fingerprint density at radius 1 is 1.46 bits per heavy atom. The van der Waals surface area contributed by atoms with E-state index in [1.807, 2.05) is 6.07 Å². The second-order valence-corrected chi connectivity index (χ2v) is 6.90. The van der Waals surface area contributed by atoms with Crippen LogP contribution in [0, 0.1) is 5.92 Å². The summed E-state index contributed by atoms with van der Waals surface area (Å²) in [6.07, 6.45) is 4.92. The number of aliphatic imine (C=N–C) groups is 1. The summed E-state index contributed by atoms with van der Waals surface area (Å²) < 4.78 is 5.13. The van der Waals surface area contributed by atoms with Gasteiger partial charge in [0.25, 0.3) is 0 Å². The molecule has 0 spiro atoms. The number of methoxy groups -OCH3 is 1. The molecule has 0 amide bonds. The van der Waals surface area contributed by atoms with Crippen LogP contribution in [0.3, 0.4) is 0 Å². The SMILES string of the molecule is COc1ccc(NC(N)=NCCCCN2CCCC(C)C2)cc1Cl. The van der Waals surface area contributed by atoms with Crippen molar-refractivity contribution in [1.82, 2.24) is 4.90 Å². The van der Waals surface area contributed by atoms with E-state index in [9.17, 15) is 0 Å². The molecular formula is C18H29ClN4O. The first-order valence-corrected chi connectivity index (χ1v) is 9.09. The summed E-state index contributed by atoms with van der Waals surface area (Å²) in [6.45, 7) is 6.74. The van der Waals surface area contributed by atoms with Gasteiger partial charge in [-0.15, -0.1) is 0 Å². The van der Waals surface area contributed by atoms with Crippen molar-refractivity contribution < 1.29 is 4.74 Å². The Kier molecular flexibility index (Phi) is 7.66. The smallest absolute Gasteiger partial charge is 0.193 e. The number of nitrogens with two attached hydrogens (primary N) is 1. The summed E-state index contributed by atoms with van der Waals surface area (Å²) in [5.41, 5.74) is 6.73. The lowest BCUT2D eigenvalue weighted by atomic mass is 10.0. The maximum atomic E-state index is 6.09. The number of halogens is 1. The predicted octanol–water partition coefficient (Wildman–Crippen LogP) is 3.59. The van der Waals surface area contributed by atoms with E-state index in [-0.39, 0.29) is 0 Å². The molecule has 3 N–H and O–H groups in total. The fourth-order valence-corrected chi connectivity index (χ4v) is 3.33. The minimum absolute atomic E-state index is 0.419. The number of hydrogen-bond acceptors (Lipinski definition) is 3. The van der Waals surface area contributed by atoms with E-state index in [2.05, 4.69) is 22.1 Å². The van der Waals surface area contributed by atoms with Crippen LogP contribution in [0.5, 0.6) is 5.75 Å². The Bertz CT molecular complexity index is 550. The molecule has 1 aliphatic heterocycles. The van der Waals surface area contributed by atoms with Gasteiger partial charge < -0.3 is 20.7 Å². The van der Waals surface area contributed by atoms with E-state index in [0.29, 0.717) is 16.7 Å². The van der Waals surface area contributed by atoms with Gasteiger partial charge in [-0.2, -0.15) is 0 Å². The van der Waals surface area contributed by atoms with Crippen LogP contribution < -0.4 is 15.8 Å². The molecule has 5 nitrogen and oxygen atoms in total. The number of benzene rings is 1. The van der Waals surface area contributed by atoms with E-state index in [1.165, 1.54) is 32.5 Å². The standard InChI is InChI=1S/C18H29ClN4O/c1-14-6-5-11-23(13-14)10-4-3-9-21-18(20)22-15-7-8-17(24-2)16(19)12-15/h7-8,12,14H,3-6,9-11,13H2,1-2H3,(H3,20,21,22). The van der Waals surface area contributed by atoms with Crippen LogP contribution in [0.25, 0.3) is 0 Å². The monoisotopic (exact) mass is 352 g/mol. The highest BCUT2D eigenvalue weighted by Gasteiger charge is 2.15. The van der Waals surface area contributed by atoms with Crippen molar-refractivity contribution in [3.8, 4) is 5.75 Å². The number of hydrogen-bond donors (Lipinski definition) is 2. The van der Waals surface area contributed by atoms with Crippen molar-refractivity contribution in [2.75, 3.05) is 38.6 Å². The summed E-state index contributed by atoms with van der Waals surface area (Å²) in [5.74, 6) is 1.90. The van der Waals surface area contributed by atoms with Crippen molar-refractivity contribution in [2.45, 2.75) is 32.6 Å². The molecule has 134 valence electrons. The molecule has 0 aromatic heterocycles. The summed E-state index contributed by atoms with van der Waals surface area (Å²) in [6, 6.07) is 5.45. The zero-order chi connectivity index (χ0) is 17.4. The van der Waals surface area contributed by atoms with Gasteiger partial charge in [0.1, 0.15) is 5.75 Å². The molecule has 1 aliphatic rings. The number of ether oxygens (including phenoxy) is 1. The number of unbranched alkanes of at least 4 members (excludes halogenated alkanes) is 1. The third kappa shape index (κ3) is 6.21. The second kappa shape index (κ2) is 9.74. The van der Waals surface area contributed by atoms with Gasteiger partial charge in [0.2, 0.25) is 0 Å². The molecule has 2 rings (SSSR count). The fraction of sp³-hybridized carbons (Fsp3) is 0.611. The van der Waals surface area contributed by atoms with Crippen LogP contribution in [-0.2, 0) is 0 Å². The third-order valence-corrected chi connectivity index (χ3v) is 4.63. The van der Waals surface area contributed by atoms with Gasteiger partial charge in [-0.05, 0) is 62.9 Å². The lowest BCUT2D eigenvalue weighted by molar-refractivity contribution is 0.181. The van der Waals surface area contributed by atoms with Gasteiger partial charge in [-0.25, -0.2) is 0 Å². The quantitative estimate of drug-likeness (QED) is 0.447. The van der Waals surface area contributed by atoms with Crippen LogP contribution in [0.2, 0.25) is 5.02 Å². The first-order chi connectivity index (χ1) is 11.6. The Labute approximate surface area is 150 Å². The highest BCUT2D eigenvalue weighted by atomic mass is 35.5. The first-order valence-electron chi connectivity index (χ1n) is 8.71. The lowest BCUT2D eigenvalue weighted by Gasteiger charge is -2.30. The van der Waals surface area contributed by atoms with Gasteiger partial charge in [0.15, 0.2) is 5.96 Å². The van der Waals surface area contributed by atoms with Crippen LogP contribution >= 0.6 is 11.6 Å². The minimum Gasteiger partial charge on any atom is -0.495 e. The van der Waals surface area contributed by atoms with E-state index in [4.69, 9.17) is 22.1 Å². The van der Waals surface area contributed by atoms with Crippen molar-refractivity contribution in [3.63, 3.8) is 0 Å². The first kappa shape index (κ1) is 18.9. The fourth-order valence-electron chi connectivity index (χ4n) is 3.07. The molecule has 1 atom stereocenters. The van der Waals surface area contributed by atoms with E-state index < -0.39 is 0 Å². The molecule has 0 bridgehead atoms. The number of likely N-dealkylation sites (tertiary alicyclic amines) is 1. The molecule has 6 heteroatoms. The summed E-state index contributed by atoms with van der Waals surface area (Å²) >= 11 is 6.09. The van der Waals surface area contributed by atoms with Crippen molar-refractivity contribution in [3.05, 3.63) is 23.2 Å². The number of nitrogens with one attached hydrogen (secondary N) is 1. The van der Waals surface area contributed by atoms with Gasteiger partial charge in [-0.3, -0.25) is 4.99 Å². The number of nitrogens with zero attached hydrogens (tertiary/aromatic N) is 2. The van der Waals surface area contributed by atoms with E-state index >= 15 is 0 Å². The van der Waals surface area contributed by atoms with E-state index in [0.717, 1.165) is 31.0 Å². The molecular weight excluding hydrogens is 324 g/mol. The van der Waals surface area contributed by atoms with Gasteiger partial charge in [-0.1, -0.05) is 18.5 Å². The number of rotatable bonds is 7. The Morgan fingerprint density at radius 2 is 2.29 bits per heavy atom. The Hall–Kier alpha value is -1.46. The average molecular weight is 353 g/mol. The van der Waals surface area contributed by atoms with Gasteiger partial charge >= 0.3 is 0 Å². The Morgan fingerprint density at radius 3 is 3.00 bits per heavy atom. The topological polar surface area (TPSA) is 62.9 Å².